The second-order valence-corrected chi connectivity index (χ2v) is 8.22. The highest BCUT2D eigenvalue weighted by Crippen LogP contribution is 2.35. The molecule has 0 radical (unpaired) electrons. The van der Waals surface area contributed by atoms with Gasteiger partial charge < -0.3 is 4.90 Å². The molecule has 0 unspecified atom stereocenters. The van der Waals surface area contributed by atoms with Gasteiger partial charge in [0, 0.05) is 13.1 Å². The SMILES string of the molecule is CCN(Cc1ccccc1)C1=C(c2ccc(C)cc2C)C(=O)N(Cc2ccccc2)C1=O. The number of aryl methyl sites for hydroxylation is 2. The van der Waals surface area contributed by atoms with Gasteiger partial charge in [0.2, 0.25) is 0 Å². The zero-order chi connectivity index (χ0) is 22.7. The average molecular weight is 425 g/mol. The zero-order valence-corrected chi connectivity index (χ0v) is 18.8. The van der Waals surface area contributed by atoms with Gasteiger partial charge in [-0.2, -0.15) is 0 Å². The van der Waals surface area contributed by atoms with E-state index in [1.54, 1.807) is 0 Å². The molecular formula is C28H28N2O2. The van der Waals surface area contributed by atoms with Crippen LogP contribution in [0.2, 0.25) is 0 Å². The van der Waals surface area contributed by atoms with E-state index in [0.29, 0.717) is 24.4 Å². The Balaban J connectivity index is 1.80. The Morgan fingerprint density at radius 2 is 1.41 bits per heavy atom. The molecule has 0 spiro atoms. The van der Waals surface area contributed by atoms with Crippen molar-refractivity contribution in [3.63, 3.8) is 0 Å². The third kappa shape index (κ3) is 4.22. The van der Waals surface area contributed by atoms with Gasteiger partial charge in [-0.3, -0.25) is 14.5 Å². The van der Waals surface area contributed by atoms with Crippen LogP contribution in [0, 0.1) is 13.8 Å². The minimum absolute atomic E-state index is 0.229. The van der Waals surface area contributed by atoms with Crippen molar-refractivity contribution in [3.05, 3.63) is 112 Å². The molecule has 1 aliphatic heterocycles. The van der Waals surface area contributed by atoms with Crippen molar-refractivity contribution in [1.82, 2.24) is 9.80 Å². The van der Waals surface area contributed by atoms with Gasteiger partial charge in [-0.25, -0.2) is 0 Å². The van der Waals surface area contributed by atoms with Crippen LogP contribution in [0.4, 0.5) is 0 Å². The highest BCUT2D eigenvalue weighted by Gasteiger charge is 2.41. The lowest BCUT2D eigenvalue weighted by Crippen LogP contribution is -2.34. The van der Waals surface area contributed by atoms with Crippen LogP contribution in [0.1, 0.15) is 34.7 Å². The number of likely N-dealkylation sites (N-methyl/N-ethyl adjacent to an activating group) is 1. The van der Waals surface area contributed by atoms with Crippen molar-refractivity contribution in [2.45, 2.75) is 33.9 Å². The molecule has 1 heterocycles. The maximum Gasteiger partial charge on any atom is 0.278 e. The van der Waals surface area contributed by atoms with Gasteiger partial charge in [0.25, 0.3) is 11.8 Å². The predicted molar refractivity (Wildman–Crippen MR) is 127 cm³/mol. The highest BCUT2D eigenvalue weighted by atomic mass is 16.2. The second-order valence-electron chi connectivity index (χ2n) is 8.22. The van der Waals surface area contributed by atoms with Crippen LogP contribution < -0.4 is 0 Å². The number of carbonyl (C=O) groups is 2. The number of imide groups is 1. The smallest absolute Gasteiger partial charge is 0.278 e. The molecule has 0 bridgehead atoms. The number of amides is 2. The molecule has 0 saturated carbocycles. The summed E-state index contributed by atoms with van der Waals surface area (Å²) in [4.78, 5) is 30.7. The second kappa shape index (κ2) is 9.23. The molecule has 4 rings (SSSR count). The van der Waals surface area contributed by atoms with E-state index in [0.717, 1.165) is 27.8 Å². The van der Waals surface area contributed by atoms with Crippen LogP contribution in [-0.4, -0.2) is 28.2 Å². The Labute approximate surface area is 189 Å². The summed E-state index contributed by atoms with van der Waals surface area (Å²) >= 11 is 0. The predicted octanol–water partition coefficient (Wildman–Crippen LogP) is 5.11. The standard InChI is InChI=1S/C28H28N2O2/c1-4-29(18-22-11-7-5-8-12-22)26-25(24-16-15-20(2)17-21(24)3)27(31)30(28(26)32)19-23-13-9-6-10-14-23/h5-17H,4,18-19H2,1-3H3. The van der Waals surface area contributed by atoms with E-state index in [2.05, 4.69) is 6.07 Å². The van der Waals surface area contributed by atoms with E-state index in [9.17, 15) is 9.59 Å². The van der Waals surface area contributed by atoms with Crippen LogP contribution in [0.5, 0.6) is 0 Å². The Kier molecular flexibility index (Phi) is 6.22. The summed E-state index contributed by atoms with van der Waals surface area (Å²) < 4.78 is 0. The number of nitrogens with zero attached hydrogens (tertiary/aromatic N) is 2. The summed E-state index contributed by atoms with van der Waals surface area (Å²) in [5.41, 5.74) is 5.97. The van der Waals surface area contributed by atoms with Crippen molar-refractivity contribution < 1.29 is 9.59 Å². The summed E-state index contributed by atoms with van der Waals surface area (Å²) in [7, 11) is 0. The van der Waals surface area contributed by atoms with Gasteiger partial charge in [-0.1, -0.05) is 84.4 Å². The van der Waals surface area contributed by atoms with Gasteiger partial charge in [-0.15, -0.1) is 0 Å². The van der Waals surface area contributed by atoms with Gasteiger partial charge in [0.1, 0.15) is 5.70 Å². The quantitative estimate of drug-likeness (QED) is 0.495. The molecule has 4 heteroatoms. The molecule has 32 heavy (non-hydrogen) atoms. The largest absolute Gasteiger partial charge is 0.362 e. The molecule has 1 aliphatic rings. The molecule has 0 N–H and O–H groups in total. The molecule has 2 amide bonds. The fourth-order valence-corrected chi connectivity index (χ4v) is 4.26. The van der Waals surface area contributed by atoms with Crippen molar-refractivity contribution in [2.24, 2.45) is 0 Å². The maximum absolute atomic E-state index is 13.7. The first-order chi connectivity index (χ1) is 15.5. The molecule has 4 nitrogen and oxygen atoms in total. The number of hydrogen-bond donors (Lipinski definition) is 0. The maximum atomic E-state index is 13.7. The van der Waals surface area contributed by atoms with E-state index in [1.165, 1.54) is 4.90 Å². The first kappa shape index (κ1) is 21.6. The van der Waals surface area contributed by atoms with E-state index in [1.807, 2.05) is 98.5 Å². The van der Waals surface area contributed by atoms with Crippen LogP contribution >= 0.6 is 0 Å². The fourth-order valence-electron chi connectivity index (χ4n) is 4.26. The monoisotopic (exact) mass is 424 g/mol. The highest BCUT2D eigenvalue weighted by molar-refractivity contribution is 6.35. The minimum atomic E-state index is -0.230. The van der Waals surface area contributed by atoms with Crippen LogP contribution in [0.3, 0.4) is 0 Å². The minimum Gasteiger partial charge on any atom is -0.362 e. The lowest BCUT2D eigenvalue weighted by Gasteiger charge is -2.25. The lowest BCUT2D eigenvalue weighted by molar-refractivity contribution is -0.138. The normalized spacial score (nSPS) is 13.8. The van der Waals surface area contributed by atoms with E-state index >= 15 is 0 Å². The van der Waals surface area contributed by atoms with Crippen molar-refractivity contribution in [3.8, 4) is 0 Å². The summed E-state index contributed by atoms with van der Waals surface area (Å²) in [6.45, 7) is 7.50. The number of rotatable bonds is 7. The van der Waals surface area contributed by atoms with Gasteiger partial charge in [0.05, 0.1) is 12.1 Å². The molecule has 0 aliphatic carbocycles. The molecule has 0 fully saturated rings. The number of benzene rings is 3. The lowest BCUT2D eigenvalue weighted by atomic mass is 9.97. The average Bonchev–Trinajstić information content (AvgIpc) is 3.03. The number of hydrogen-bond acceptors (Lipinski definition) is 3. The third-order valence-corrected chi connectivity index (χ3v) is 5.89. The Morgan fingerprint density at radius 3 is 2.00 bits per heavy atom. The molecule has 3 aromatic carbocycles. The van der Waals surface area contributed by atoms with Crippen molar-refractivity contribution in [1.29, 1.82) is 0 Å². The Hall–Kier alpha value is -3.66. The zero-order valence-electron chi connectivity index (χ0n) is 18.8. The third-order valence-electron chi connectivity index (χ3n) is 5.89. The first-order valence-electron chi connectivity index (χ1n) is 11.0. The van der Waals surface area contributed by atoms with Crippen LogP contribution in [-0.2, 0) is 22.7 Å². The molecule has 0 saturated heterocycles. The van der Waals surface area contributed by atoms with E-state index in [4.69, 9.17) is 0 Å². The molecular weight excluding hydrogens is 396 g/mol. The Bertz CT molecular complexity index is 1170. The van der Waals surface area contributed by atoms with Crippen LogP contribution in [0.25, 0.3) is 5.57 Å². The van der Waals surface area contributed by atoms with E-state index < -0.39 is 0 Å². The molecule has 0 atom stereocenters. The van der Waals surface area contributed by atoms with Crippen molar-refractivity contribution >= 4 is 17.4 Å². The first-order valence-corrected chi connectivity index (χ1v) is 11.0. The topological polar surface area (TPSA) is 40.6 Å². The van der Waals surface area contributed by atoms with E-state index in [-0.39, 0.29) is 18.4 Å². The van der Waals surface area contributed by atoms with Crippen LogP contribution in [0.15, 0.2) is 84.6 Å². The van der Waals surface area contributed by atoms with Gasteiger partial charge in [-0.05, 0) is 43.0 Å². The Morgan fingerprint density at radius 1 is 0.781 bits per heavy atom. The molecule has 3 aromatic rings. The van der Waals surface area contributed by atoms with Gasteiger partial charge in [0.15, 0.2) is 0 Å². The van der Waals surface area contributed by atoms with Gasteiger partial charge >= 0.3 is 0 Å². The summed E-state index contributed by atoms with van der Waals surface area (Å²) in [5.74, 6) is -0.459. The number of carbonyl (C=O) groups excluding carboxylic acids is 2. The summed E-state index contributed by atoms with van der Waals surface area (Å²) in [6, 6.07) is 25.7. The summed E-state index contributed by atoms with van der Waals surface area (Å²) in [6.07, 6.45) is 0. The summed E-state index contributed by atoms with van der Waals surface area (Å²) in [5, 5.41) is 0. The van der Waals surface area contributed by atoms with Crippen molar-refractivity contribution in [2.75, 3.05) is 6.54 Å². The fraction of sp³-hybridized carbons (Fsp3) is 0.214. The molecule has 0 aromatic heterocycles. The molecule has 162 valence electrons.